The first kappa shape index (κ1) is 17.7. The number of aryl methyl sites for hydroxylation is 2. The molecule has 0 saturated heterocycles. The second-order valence-electron chi connectivity index (χ2n) is 6.46. The van der Waals surface area contributed by atoms with Gasteiger partial charge in [-0.05, 0) is 54.8 Å². The number of hydrogen-bond donors (Lipinski definition) is 0. The fourth-order valence-corrected chi connectivity index (χ4v) is 3.09. The van der Waals surface area contributed by atoms with E-state index < -0.39 is 0 Å². The molecule has 5 nitrogen and oxygen atoms in total. The highest BCUT2D eigenvalue weighted by atomic mass is 16.6. The van der Waals surface area contributed by atoms with Crippen LogP contribution in [0, 0.1) is 24.0 Å². The molecular weight excluding hydrogens is 328 g/mol. The second-order valence-corrected chi connectivity index (χ2v) is 6.46. The van der Waals surface area contributed by atoms with Gasteiger partial charge in [0.2, 0.25) is 0 Å². The Balaban J connectivity index is 1.81. The monoisotopic (exact) mass is 350 g/mol. The summed E-state index contributed by atoms with van der Waals surface area (Å²) in [6, 6.07) is 11.1. The minimum absolute atomic E-state index is 0.0973. The summed E-state index contributed by atoms with van der Waals surface area (Å²) in [5, 5.41) is 11.2. The van der Waals surface area contributed by atoms with E-state index in [1.54, 1.807) is 6.07 Å². The van der Waals surface area contributed by atoms with Crippen LogP contribution in [-0.4, -0.2) is 23.4 Å². The molecule has 0 saturated carbocycles. The molecule has 0 N–H and O–H groups in total. The van der Waals surface area contributed by atoms with Crippen molar-refractivity contribution in [1.29, 1.82) is 0 Å². The summed E-state index contributed by atoms with van der Waals surface area (Å²) in [5.74, 6) is 0.737. The summed E-state index contributed by atoms with van der Waals surface area (Å²) in [6.45, 7) is 4.92. The molecule has 0 amide bonds. The van der Waals surface area contributed by atoms with E-state index in [1.165, 1.54) is 6.07 Å². The lowest BCUT2D eigenvalue weighted by Gasteiger charge is -2.24. The maximum atomic E-state index is 11.2. The number of hydrogen-bond acceptors (Lipinski definition) is 4. The average molecular weight is 350 g/mol. The molecule has 3 rings (SSSR count). The summed E-state index contributed by atoms with van der Waals surface area (Å²) in [7, 11) is 2.06. The minimum atomic E-state index is -0.361. The van der Waals surface area contributed by atoms with Gasteiger partial charge in [-0.1, -0.05) is 24.3 Å². The first-order valence-corrected chi connectivity index (χ1v) is 8.52. The maximum absolute atomic E-state index is 11.2. The highest BCUT2D eigenvalue weighted by Crippen LogP contribution is 2.28. The van der Waals surface area contributed by atoms with E-state index in [2.05, 4.69) is 36.2 Å². The Morgan fingerprint density at radius 3 is 2.69 bits per heavy atom. The van der Waals surface area contributed by atoms with Gasteiger partial charge in [0.05, 0.1) is 10.5 Å². The zero-order valence-electron chi connectivity index (χ0n) is 15.2. The van der Waals surface area contributed by atoms with Gasteiger partial charge in [-0.15, -0.1) is 0 Å². The van der Waals surface area contributed by atoms with Gasteiger partial charge in [0.25, 0.3) is 5.69 Å². The lowest BCUT2D eigenvalue weighted by Crippen LogP contribution is -2.18. The van der Waals surface area contributed by atoms with Crippen molar-refractivity contribution in [3.05, 3.63) is 87.0 Å². The maximum Gasteiger partial charge on any atom is 0.276 e. The number of ether oxygens (including phenoxy) is 1. The Hall–Kier alpha value is -3.08. The van der Waals surface area contributed by atoms with Gasteiger partial charge >= 0.3 is 0 Å². The lowest BCUT2D eigenvalue weighted by molar-refractivity contribution is -0.385. The summed E-state index contributed by atoms with van der Waals surface area (Å²) >= 11 is 0. The molecular formula is C21H22N2O3. The third kappa shape index (κ3) is 3.61. The number of nitro benzene ring substituents is 1. The molecule has 0 bridgehead atoms. The molecule has 0 aromatic heterocycles. The van der Waals surface area contributed by atoms with Crippen molar-refractivity contribution in [3.63, 3.8) is 0 Å². The normalized spacial score (nSPS) is 13.5. The van der Waals surface area contributed by atoms with Gasteiger partial charge in [-0.3, -0.25) is 10.1 Å². The predicted molar refractivity (Wildman–Crippen MR) is 103 cm³/mol. The van der Waals surface area contributed by atoms with Crippen LogP contribution in [-0.2, 0) is 6.61 Å². The van der Waals surface area contributed by atoms with Crippen molar-refractivity contribution >= 4 is 11.4 Å². The zero-order valence-corrected chi connectivity index (χ0v) is 15.2. The average Bonchev–Trinajstić information content (AvgIpc) is 2.61. The lowest BCUT2D eigenvalue weighted by atomic mass is 10.0. The minimum Gasteiger partial charge on any atom is -0.488 e. The van der Waals surface area contributed by atoms with E-state index in [4.69, 9.17) is 4.74 Å². The van der Waals surface area contributed by atoms with Crippen molar-refractivity contribution < 1.29 is 9.66 Å². The fourth-order valence-electron chi connectivity index (χ4n) is 3.09. The fraction of sp³-hybridized carbons (Fsp3) is 0.238. The van der Waals surface area contributed by atoms with Gasteiger partial charge in [-0.25, -0.2) is 0 Å². The topological polar surface area (TPSA) is 55.6 Å². The van der Waals surface area contributed by atoms with Crippen LogP contribution in [0.4, 0.5) is 5.69 Å². The molecule has 0 fully saturated rings. The van der Waals surface area contributed by atoms with Crippen LogP contribution < -0.4 is 4.74 Å². The molecule has 1 aliphatic heterocycles. The van der Waals surface area contributed by atoms with Crippen LogP contribution in [0.5, 0.6) is 5.75 Å². The van der Waals surface area contributed by atoms with Gasteiger partial charge in [-0.2, -0.15) is 0 Å². The summed E-state index contributed by atoms with van der Waals surface area (Å²) in [4.78, 5) is 13.1. The summed E-state index contributed by atoms with van der Waals surface area (Å²) in [5.41, 5.74) is 4.86. The van der Waals surface area contributed by atoms with Gasteiger partial charge in [0, 0.05) is 25.4 Å². The van der Waals surface area contributed by atoms with Crippen LogP contribution in [0.3, 0.4) is 0 Å². The number of rotatable bonds is 5. The van der Waals surface area contributed by atoms with Crippen molar-refractivity contribution in [2.24, 2.45) is 0 Å². The molecule has 2 aromatic carbocycles. The molecule has 0 aliphatic carbocycles. The van der Waals surface area contributed by atoms with Crippen LogP contribution in [0.2, 0.25) is 0 Å². The van der Waals surface area contributed by atoms with Crippen molar-refractivity contribution in [3.8, 4) is 5.75 Å². The van der Waals surface area contributed by atoms with Crippen LogP contribution >= 0.6 is 0 Å². The number of likely N-dealkylation sites (N-methyl/N-ethyl adjacent to an activating group) is 1. The van der Waals surface area contributed by atoms with E-state index in [0.717, 1.165) is 34.7 Å². The Morgan fingerprint density at radius 1 is 1.19 bits per heavy atom. The second kappa shape index (κ2) is 7.44. The number of allylic oxidation sites excluding steroid dienone is 2. The third-order valence-electron chi connectivity index (χ3n) is 4.61. The largest absolute Gasteiger partial charge is 0.488 e. The first-order chi connectivity index (χ1) is 12.5. The molecule has 0 spiro atoms. The molecule has 1 heterocycles. The van der Waals surface area contributed by atoms with Crippen molar-refractivity contribution in [1.82, 2.24) is 4.90 Å². The van der Waals surface area contributed by atoms with Crippen LogP contribution in [0.25, 0.3) is 5.70 Å². The highest BCUT2D eigenvalue weighted by Gasteiger charge is 2.17. The Morgan fingerprint density at radius 2 is 2.00 bits per heavy atom. The molecule has 2 aromatic rings. The van der Waals surface area contributed by atoms with Gasteiger partial charge in [0.1, 0.15) is 12.4 Å². The first-order valence-electron chi connectivity index (χ1n) is 8.52. The van der Waals surface area contributed by atoms with Crippen molar-refractivity contribution in [2.75, 3.05) is 13.6 Å². The van der Waals surface area contributed by atoms with E-state index in [-0.39, 0.29) is 17.2 Å². The van der Waals surface area contributed by atoms with Crippen molar-refractivity contribution in [2.45, 2.75) is 20.5 Å². The van der Waals surface area contributed by atoms with Crippen LogP contribution in [0.1, 0.15) is 22.3 Å². The van der Waals surface area contributed by atoms with Crippen LogP contribution in [0.15, 0.2) is 54.6 Å². The predicted octanol–water partition coefficient (Wildman–Crippen LogP) is 4.63. The van der Waals surface area contributed by atoms with E-state index in [1.807, 2.05) is 32.0 Å². The van der Waals surface area contributed by atoms with E-state index in [0.29, 0.717) is 5.56 Å². The quantitative estimate of drug-likeness (QED) is 0.582. The SMILES string of the molecule is Cc1cc(C2=CC=CCN2C)ccc1OCc1c(C)cccc1[N+](=O)[O-]. The highest BCUT2D eigenvalue weighted by molar-refractivity contribution is 5.68. The van der Waals surface area contributed by atoms with Gasteiger partial charge in [0.15, 0.2) is 0 Å². The molecule has 5 heteroatoms. The Bertz CT molecular complexity index is 900. The molecule has 0 atom stereocenters. The molecule has 134 valence electrons. The molecule has 0 radical (unpaired) electrons. The Kier molecular flexibility index (Phi) is 5.07. The number of nitro groups is 1. The summed E-state index contributed by atoms with van der Waals surface area (Å²) in [6.07, 6.45) is 6.27. The number of benzene rings is 2. The van der Waals surface area contributed by atoms with E-state index >= 15 is 0 Å². The van der Waals surface area contributed by atoms with E-state index in [9.17, 15) is 10.1 Å². The third-order valence-corrected chi connectivity index (χ3v) is 4.61. The molecule has 1 aliphatic rings. The number of nitrogens with zero attached hydrogens (tertiary/aromatic N) is 2. The zero-order chi connectivity index (χ0) is 18.7. The molecule has 26 heavy (non-hydrogen) atoms. The van der Waals surface area contributed by atoms with Gasteiger partial charge < -0.3 is 9.64 Å². The standard InChI is InChI=1S/C21H22N2O3/c1-15-7-6-9-20(23(24)25)18(15)14-26-21-11-10-17(13-16(21)2)19-8-4-5-12-22(19)3/h4-11,13H,12,14H2,1-3H3. The summed E-state index contributed by atoms with van der Waals surface area (Å²) < 4.78 is 5.91. The Labute approximate surface area is 153 Å². The molecule has 0 unspecified atom stereocenters. The smallest absolute Gasteiger partial charge is 0.276 e.